The molecule has 0 fully saturated rings. The van der Waals surface area contributed by atoms with Crippen molar-refractivity contribution in [3.05, 3.63) is 47.3 Å². The second-order valence-corrected chi connectivity index (χ2v) is 4.94. The van der Waals surface area contributed by atoms with E-state index in [4.69, 9.17) is 10.4 Å². The molecule has 1 aliphatic rings. The summed E-state index contributed by atoms with van der Waals surface area (Å²) >= 11 is 0. The summed E-state index contributed by atoms with van der Waals surface area (Å²) in [6.45, 7) is 2.24. The van der Waals surface area contributed by atoms with Gasteiger partial charge in [-0.15, -0.1) is 0 Å². The van der Waals surface area contributed by atoms with E-state index in [-0.39, 0.29) is 0 Å². The minimum absolute atomic E-state index is 0.563. The predicted molar refractivity (Wildman–Crippen MR) is 69.6 cm³/mol. The highest BCUT2D eigenvalue weighted by atomic mass is 15.3. The smallest absolute Gasteiger partial charge is 0.0991 e. The number of benzene rings is 1. The highest BCUT2D eigenvalue weighted by Crippen LogP contribution is 2.30. The number of aryl methyl sites for hydroxylation is 1. The Hall–Kier alpha value is -2.08. The van der Waals surface area contributed by atoms with Crippen molar-refractivity contribution in [1.29, 1.82) is 5.26 Å². The van der Waals surface area contributed by atoms with Crippen molar-refractivity contribution in [1.82, 2.24) is 9.78 Å². The van der Waals surface area contributed by atoms with Crippen molar-refractivity contribution in [2.75, 3.05) is 0 Å². The molecule has 3 nitrogen and oxygen atoms in total. The maximum absolute atomic E-state index is 8.79. The molecule has 0 radical (unpaired) electrons. The van der Waals surface area contributed by atoms with Gasteiger partial charge in [0.25, 0.3) is 0 Å². The molecule has 0 saturated heterocycles. The fourth-order valence-corrected chi connectivity index (χ4v) is 2.59. The molecule has 1 heterocycles. The SMILES string of the molecule is CC1CCCc2cn(-c3ccc(C#N)cc3)nc21. The molecular formula is C15H15N3. The molecule has 1 aromatic carbocycles. The van der Waals surface area contributed by atoms with Gasteiger partial charge < -0.3 is 0 Å². The van der Waals surface area contributed by atoms with Gasteiger partial charge >= 0.3 is 0 Å². The summed E-state index contributed by atoms with van der Waals surface area (Å²) in [5.74, 6) is 0.563. The van der Waals surface area contributed by atoms with Crippen molar-refractivity contribution in [3.63, 3.8) is 0 Å². The number of nitriles is 1. The third-order valence-corrected chi connectivity index (χ3v) is 3.63. The first-order chi connectivity index (χ1) is 8.78. The fourth-order valence-electron chi connectivity index (χ4n) is 2.59. The van der Waals surface area contributed by atoms with Gasteiger partial charge in [0.05, 0.1) is 23.0 Å². The molecule has 90 valence electrons. The Labute approximate surface area is 107 Å². The summed E-state index contributed by atoms with van der Waals surface area (Å²) < 4.78 is 1.94. The quantitative estimate of drug-likeness (QED) is 0.764. The summed E-state index contributed by atoms with van der Waals surface area (Å²) in [7, 11) is 0. The zero-order valence-electron chi connectivity index (χ0n) is 10.4. The van der Waals surface area contributed by atoms with Crippen LogP contribution in [0.3, 0.4) is 0 Å². The first-order valence-corrected chi connectivity index (χ1v) is 6.37. The Balaban J connectivity index is 1.99. The summed E-state index contributed by atoms with van der Waals surface area (Å²) in [6, 6.07) is 9.69. The van der Waals surface area contributed by atoms with Crippen LogP contribution in [0.25, 0.3) is 5.69 Å². The minimum atomic E-state index is 0.563. The van der Waals surface area contributed by atoms with Crippen LogP contribution in [-0.2, 0) is 6.42 Å². The average Bonchev–Trinajstić information content (AvgIpc) is 2.84. The van der Waals surface area contributed by atoms with Crippen LogP contribution in [0.2, 0.25) is 0 Å². The Bertz CT molecular complexity index is 602. The van der Waals surface area contributed by atoms with Gasteiger partial charge in [0, 0.05) is 12.1 Å². The van der Waals surface area contributed by atoms with Crippen molar-refractivity contribution >= 4 is 0 Å². The van der Waals surface area contributed by atoms with E-state index >= 15 is 0 Å². The van der Waals surface area contributed by atoms with E-state index in [1.807, 2.05) is 28.9 Å². The van der Waals surface area contributed by atoms with Gasteiger partial charge in [-0.3, -0.25) is 0 Å². The molecule has 0 aliphatic heterocycles. The van der Waals surface area contributed by atoms with Crippen LogP contribution in [0.5, 0.6) is 0 Å². The standard InChI is InChI=1S/C15H15N3/c1-11-3-2-4-13-10-18(17-15(11)13)14-7-5-12(9-16)6-8-14/h5-8,10-11H,2-4H2,1H3. The first kappa shape index (κ1) is 11.0. The molecule has 1 atom stereocenters. The molecule has 0 N–H and O–H groups in total. The largest absolute Gasteiger partial charge is 0.240 e. The van der Waals surface area contributed by atoms with Crippen molar-refractivity contribution < 1.29 is 0 Å². The highest BCUT2D eigenvalue weighted by Gasteiger charge is 2.20. The molecule has 18 heavy (non-hydrogen) atoms. The normalized spacial score (nSPS) is 18.1. The van der Waals surface area contributed by atoms with Crippen LogP contribution < -0.4 is 0 Å². The average molecular weight is 237 g/mol. The van der Waals surface area contributed by atoms with Gasteiger partial charge in [0.15, 0.2) is 0 Å². The number of nitrogens with zero attached hydrogens (tertiary/aromatic N) is 3. The summed E-state index contributed by atoms with van der Waals surface area (Å²) in [5.41, 5.74) is 4.32. The molecule has 3 rings (SSSR count). The van der Waals surface area contributed by atoms with Gasteiger partial charge in [0.2, 0.25) is 0 Å². The van der Waals surface area contributed by atoms with E-state index < -0.39 is 0 Å². The molecule has 2 aromatic rings. The lowest BCUT2D eigenvalue weighted by molar-refractivity contribution is 0.575. The number of hydrogen-bond acceptors (Lipinski definition) is 2. The Kier molecular flexibility index (Phi) is 2.64. The van der Waals surface area contributed by atoms with Crippen LogP contribution in [0.15, 0.2) is 30.5 Å². The number of hydrogen-bond donors (Lipinski definition) is 0. The molecule has 3 heteroatoms. The summed E-state index contributed by atoms with van der Waals surface area (Å²) in [6.07, 6.45) is 5.76. The lowest BCUT2D eigenvalue weighted by Gasteiger charge is -2.15. The number of fused-ring (bicyclic) bond motifs is 1. The van der Waals surface area contributed by atoms with Gasteiger partial charge in [-0.2, -0.15) is 10.4 Å². The zero-order chi connectivity index (χ0) is 12.5. The van der Waals surface area contributed by atoms with Crippen LogP contribution in [-0.4, -0.2) is 9.78 Å². The van der Waals surface area contributed by atoms with E-state index in [0.29, 0.717) is 11.5 Å². The van der Waals surface area contributed by atoms with Crippen LogP contribution in [0.4, 0.5) is 0 Å². The topological polar surface area (TPSA) is 41.6 Å². The van der Waals surface area contributed by atoms with Gasteiger partial charge in [-0.05, 0) is 49.1 Å². The molecule has 1 unspecified atom stereocenters. The maximum atomic E-state index is 8.79. The van der Waals surface area contributed by atoms with Crippen molar-refractivity contribution in [3.8, 4) is 11.8 Å². The van der Waals surface area contributed by atoms with Crippen LogP contribution in [0, 0.1) is 11.3 Å². The number of rotatable bonds is 1. The summed E-state index contributed by atoms with van der Waals surface area (Å²) in [5, 5.41) is 13.5. The van der Waals surface area contributed by atoms with E-state index in [1.54, 1.807) is 0 Å². The summed E-state index contributed by atoms with van der Waals surface area (Å²) in [4.78, 5) is 0. The lowest BCUT2D eigenvalue weighted by atomic mass is 9.90. The van der Waals surface area contributed by atoms with E-state index in [2.05, 4.69) is 19.2 Å². The van der Waals surface area contributed by atoms with Crippen LogP contribution >= 0.6 is 0 Å². The zero-order valence-corrected chi connectivity index (χ0v) is 10.4. The van der Waals surface area contributed by atoms with Gasteiger partial charge in [-0.25, -0.2) is 4.68 Å². The Morgan fingerprint density at radius 1 is 1.33 bits per heavy atom. The highest BCUT2D eigenvalue weighted by molar-refractivity contribution is 5.40. The Morgan fingerprint density at radius 3 is 2.78 bits per heavy atom. The molecule has 1 aliphatic carbocycles. The van der Waals surface area contributed by atoms with Crippen molar-refractivity contribution in [2.45, 2.75) is 32.1 Å². The second-order valence-electron chi connectivity index (χ2n) is 4.94. The third-order valence-electron chi connectivity index (χ3n) is 3.63. The molecule has 0 saturated carbocycles. The van der Waals surface area contributed by atoms with E-state index in [0.717, 1.165) is 12.1 Å². The molecule has 1 aromatic heterocycles. The van der Waals surface area contributed by atoms with Gasteiger partial charge in [0.1, 0.15) is 0 Å². The third kappa shape index (κ3) is 1.80. The molecule has 0 amide bonds. The van der Waals surface area contributed by atoms with Crippen molar-refractivity contribution in [2.24, 2.45) is 0 Å². The minimum Gasteiger partial charge on any atom is -0.240 e. The van der Waals surface area contributed by atoms with Gasteiger partial charge in [-0.1, -0.05) is 6.92 Å². The monoisotopic (exact) mass is 237 g/mol. The fraction of sp³-hybridized carbons (Fsp3) is 0.333. The number of aromatic nitrogens is 2. The molecule has 0 bridgehead atoms. The maximum Gasteiger partial charge on any atom is 0.0991 e. The first-order valence-electron chi connectivity index (χ1n) is 6.37. The Morgan fingerprint density at radius 2 is 2.11 bits per heavy atom. The van der Waals surface area contributed by atoms with Crippen LogP contribution in [0.1, 0.15) is 42.5 Å². The molecular weight excluding hydrogens is 222 g/mol. The second kappa shape index (κ2) is 4.30. The predicted octanol–water partition coefficient (Wildman–Crippen LogP) is 3.18. The lowest BCUT2D eigenvalue weighted by Crippen LogP contribution is -2.05. The van der Waals surface area contributed by atoms with E-state index in [1.165, 1.54) is 24.1 Å². The van der Waals surface area contributed by atoms with E-state index in [9.17, 15) is 0 Å². The molecule has 0 spiro atoms.